The summed E-state index contributed by atoms with van der Waals surface area (Å²) in [6, 6.07) is 4.14. The van der Waals surface area contributed by atoms with Crippen LogP contribution in [0.5, 0.6) is 5.75 Å². The molecule has 0 saturated carbocycles. The number of benzene rings is 1. The van der Waals surface area contributed by atoms with E-state index in [1.165, 1.54) is 11.8 Å². The second kappa shape index (κ2) is 6.24. The number of rotatable bonds is 6. The molecule has 106 valence electrons. The predicted molar refractivity (Wildman–Crippen MR) is 79.4 cm³/mol. The highest BCUT2D eigenvalue weighted by Crippen LogP contribution is 2.32. The first-order chi connectivity index (χ1) is 8.96. The minimum absolute atomic E-state index is 0.229. The molecule has 0 amide bonds. The van der Waals surface area contributed by atoms with Crippen LogP contribution in [0.1, 0.15) is 17.5 Å². The molecule has 0 saturated heterocycles. The molecule has 6 heteroatoms. The molecule has 0 bridgehead atoms. The monoisotopic (exact) mass is 347 g/mol. The quantitative estimate of drug-likeness (QED) is 0.798. The molecule has 1 N–H and O–H groups in total. The Bertz CT molecular complexity index is 557. The summed E-state index contributed by atoms with van der Waals surface area (Å²) in [4.78, 5) is 0. The summed E-state index contributed by atoms with van der Waals surface area (Å²) in [6.07, 6.45) is 2.85. The molecule has 0 aliphatic carbocycles. The average Bonchev–Trinajstić information content (AvgIpc) is 2.74. The largest absolute Gasteiger partial charge is 0.493 e. The fourth-order valence-corrected chi connectivity index (χ4v) is 3.38. The Morgan fingerprint density at radius 2 is 2.21 bits per heavy atom. The lowest BCUT2D eigenvalue weighted by Crippen LogP contribution is -2.18. The van der Waals surface area contributed by atoms with Gasteiger partial charge in [-0.25, -0.2) is 8.42 Å². The van der Waals surface area contributed by atoms with Gasteiger partial charge in [0.05, 0.1) is 12.4 Å². The van der Waals surface area contributed by atoms with E-state index in [1.807, 2.05) is 6.07 Å². The Kier molecular flexibility index (Phi) is 4.86. The van der Waals surface area contributed by atoms with Gasteiger partial charge < -0.3 is 10.1 Å². The molecule has 2 rings (SSSR count). The van der Waals surface area contributed by atoms with Gasteiger partial charge in [-0.05, 0) is 30.7 Å². The number of fused-ring (bicyclic) bond motifs is 1. The van der Waals surface area contributed by atoms with Crippen molar-refractivity contribution < 1.29 is 13.2 Å². The number of ether oxygens (including phenoxy) is 1. The minimum atomic E-state index is -2.86. The van der Waals surface area contributed by atoms with E-state index in [4.69, 9.17) is 4.74 Å². The summed E-state index contributed by atoms with van der Waals surface area (Å²) < 4.78 is 28.7. The van der Waals surface area contributed by atoms with E-state index in [1.54, 1.807) is 0 Å². The third-order valence-corrected chi connectivity index (χ3v) is 4.50. The summed E-state index contributed by atoms with van der Waals surface area (Å²) in [6.45, 7) is 2.13. The van der Waals surface area contributed by atoms with Gasteiger partial charge in [0.15, 0.2) is 0 Å². The molecule has 0 aromatic heterocycles. The van der Waals surface area contributed by atoms with Crippen LogP contribution in [0.25, 0.3) is 0 Å². The maximum absolute atomic E-state index is 11.0. The molecular weight excluding hydrogens is 330 g/mol. The van der Waals surface area contributed by atoms with Crippen LogP contribution in [-0.4, -0.2) is 33.6 Å². The fraction of sp³-hybridized carbons (Fsp3) is 0.538. The van der Waals surface area contributed by atoms with Crippen LogP contribution in [0, 0.1) is 0 Å². The van der Waals surface area contributed by atoms with Gasteiger partial charge in [-0.15, -0.1) is 0 Å². The fourth-order valence-electron chi connectivity index (χ4n) is 2.16. The summed E-state index contributed by atoms with van der Waals surface area (Å²) in [5.41, 5.74) is 2.36. The zero-order valence-electron chi connectivity index (χ0n) is 10.9. The highest BCUT2D eigenvalue weighted by atomic mass is 79.9. The van der Waals surface area contributed by atoms with Crippen molar-refractivity contribution in [3.8, 4) is 5.75 Å². The Hall–Kier alpha value is -0.590. The van der Waals surface area contributed by atoms with E-state index in [0.717, 1.165) is 28.8 Å². The first kappa shape index (κ1) is 14.8. The van der Waals surface area contributed by atoms with Gasteiger partial charge in [0.2, 0.25) is 0 Å². The normalized spacial score (nSPS) is 14.2. The second-order valence-corrected chi connectivity index (χ2v) is 7.99. The number of nitrogens with one attached hydrogen (secondary N) is 1. The van der Waals surface area contributed by atoms with Crippen LogP contribution >= 0.6 is 15.9 Å². The summed E-state index contributed by atoms with van der Waals surface area (Å²) in [5, 5.41) is 3.27. The Morgan fingerprint density at radius 3 is 2.95 bits per heavy atom. The van der Waals surface area contributed by atoms with E-state index >= 15 is 0 Å². The van der Waals surface area contributed by atoms with Crippen molar-refractivity contribution in [2.45, 2.75) is 19.4 Å². The van der Waals surface area contributed by atoms with Crippen LogP contribution in [0.2, 0.25) is 0 Å². The predicted octanol–water partition coefficient (Wildman–Crippen LogP) is 1.91. The van der Waals surface area contributed by atoms with Gasteiger partial charge in [0, 0.05) is 29.3 Å². The van der Waals surface area contributed by atoms with Crippen molar-refractivity contribution >= 4 is 25.8 Å². The van der Waals surface area contributed by atoms with E-state index in [9.17, 15) is 8.42 Å². The van der Waals surface area contributed by atoms with Gasteiger partial charge >= 0.3 is 0 Å². The standard InChI is InChI=1S/C13H18BrNO3S/c1-19(16,17)6-2-4-15-9-11-8-12(14)7-10-3-5-18-13(10)11/h7-8,15H,2-6,9H2,1H3. The Balaban J connectivity index is 1.87. The molecular formula is C13H18BrNO3S. The molecule has 0 fully saturated rings. The molecule has 1 aromatic carbocycles. The molecule has 4 nitrogen and oxygen atoms in total. The van der Waals surface area contributed by atoms with Gasteiger partial charge in [0.25, 0.3) is 0 Å². The number of sulfone groups is 1. The van der Waals surface area contributed by atoms with Crippen LogP contribution in [0.3, 0.4) is 0 Å². The van der Waals surface area contributed by atoms with Gasteiger partial charge in [-0.3, -0.25) is 0 Å². The third kappa shape index (κ3) is 4.47. The third-order valence-electron chi connectivity index (χ3n) is 3.01. The SMILES string of the molecule is CS(=O)(=O)CCCNCc1cc(Br)cc2c1OCC2. The maximum atomic E-state index is 11.0. The number of halogens is 1. The van der Waals surface area contributed by atoms with E-state index in [-0.39, 0.29) is 5.75 Å². The Morgan fingerprint density at radius 1 is 1.42 bits per heavy atom. The smallest absolute Gasteiger partial charge is 0.147 e. The molecule has 1 aliphatic rings. The van der Waals surface area contributed by atoms with Gasteiger partial charge in [-0.2, -0.15) is 0 Å². The average molecular weight is 348 g/mol. The molecule has 1 aromatic rings. The molecule has 0 atom stereocenters. The lowest BCUT2D eigenvalue weighted by Gasteiger charge is -2.10. The van der Waals surface area contributed by atoms with Crippen molar-refractivity contribution in [1.29, 1.82) is 0 Å². The van der Waals surface area contributed by atoms with Crippen molar-refractivity contribution in [2.24, 2.45) is 0 Å². The first-order valence-electron chi connectivity index (χ1n) is 6.28. The molecule has 1 aliphatic heterocycles. The highest BCUT2D eigenvalue weighted by Gasteiger charge is 2.16. The Labute approximate surface area is 122 Å². The van der Waals surface area contributed by atoms with Crippen molar-refractivity contribution in [3.05, 3.63) is 27.7 Å². The molecule has 0 spiro atoms. The zero-order valence-corrected chi connectivity index (χ0v) is 13.3. The summed E-state index contributed by atoms with van der Waals surface area (Å²) in [7, 11) is -2.86. The molecule has 19 heavy (non-hydrogen) atoms. The number of hydrogen-bond donors (Lipinski definition) is 1. The topological polar surface area (TPSA) is 55.4 Å². The molecule has 0 unspecified atom stereocenters. The lowest BCUT2D eigenvalue weighted by atomic mass is 10.1. The molecule has 1 heterocycles. The van der Waals surface area contributed by atoms with Crippen molar-refractivity contribution in [1.82, 2.24) is 5.32 Å². The number of hydrogen-bond acceptors (Lipinski definition) is 4. The van der Waals surface area contributed by atoms with Crippen molar-refractivity contribution in [3.63, 3.8) is 0 Å². The van der Waals surface area contributed by atoms with Crippen LogP contribution in [-0.2, 0) is 22.8 Å². The highest BCUT2D eigenvalue weighted by molar-refractivity contribution is 9.10. The van der Waals surface area contributed by atoms with Crippen LogP contribution < -0.4 is 10.1 Å². The van der Waals surface area contributed by atoms with Gasteiger partial charge in [-0.1, -0.05) is 15.9 Å². The summed E-state index contributed by atoms with van der Waals surface area (Å²) in [5.74, 6) is 1.21. The van der Waals surface area contributed by atoms with E-state index in [2.05, 4.69) is 27.3 Å². The van der Waals surface area contributed by atoms with Crippen LogP contribution in [0.4, 0.5) is 0 Å². The van der Waals surface area contributed by atoms with E-state index in [0.29, 0.717) is 19.5 Å². The molecule has 0 radical (unpaired) electrons. The maximum Gasteiger partial charge on any atom is 0.147 e. The first-order valence-corrected chi connectivity index (χ1v) is 9.13. The summed E-state index contributed by atoms with van der Waals surface area (Å²) >= 11 is 3.50. The minimum Gasteiger partial charge on any atom is -0.493 e. The lowest BCUT2D eigenvalue weighted by molar-refractivity contribution is 0.352. The van der Waals surface area contributed by atoms with Crippen LogP contribution in [0.15, 0.2) is 16.6 Å². The zero-order chi connectivity index (χ0) is 13.9. The second-order valence-electron chi connectivity index (χ2n) is 4.81. The van der Waals surface area contributed by atoms with E-state index < -0.39 is 9.84 Å². The van der Waals surface area contributed by atoms with Gasteiger partial charge in [0.1, 0.15) is 15.6 Å². The van der Waals surface area contributed by atoms with Crippen molar-refractivity contribution in [2.75, 3.05) is 25.2 Å².